The molecule has 2 N–H and O–H groups in total. The van der Waals surface area contributed by atoms with Crippen LogP contribution in [0.3, 0.4) is 0 Å². The maximum absolute atomic E-state index is 13.0. The molecule has 0 heterocycles. The maximum atomic E-state index is 13.0. The van der Waals surface area contributed by atoms with Crippen molar-refractivity contribution in [1.29, 1.82) is 0 Å². The van der Waals surface area contributed by atoms with Gasteiger partial charge in [-0.25, -0.2) is 13.6 Å². The number of ether oxygens (including phenoxy) is 1. The zero-order valence-corrected chi connectivity index (χ0v) is 12.9. The van der Waals surface area contributed by atoms with Gasteiger partial charge in [0.2, 0.25) is 0 Å². The van der Waals surface area contributed by atoms with Gasteiger partial charge in [-0.3, -0.25) is 4.79 Å². The van der Waals surface area contributed by atoms with Crippen LogP contribution in [0.4, 0.5) is 13.6 Å². The monoisotopic (exact) mass is 326 g/mol. The number of benzene rings is 1. The lowest BCUT2D eigenvalue weighted by Crippen LogP contribution is -2.41. The third kappa shape index (κ3) is 5.19. The van der Waals surface area contributed by atoms with Crippen LogP contribution in [0.5, 0.6) is 0 Å². The number of hydrogen-bond donors (Lipinski definition) is 2. The standard InChI is InChI=1S/C16H20F2N2O3/c1-23-15(21)11-2-3-14(8-11)20-16(22)19-5-4-10-6-12(17)9-13(18)7-10/h6-7,9,11,14H,2-5,8H2,1H3,(H2,19,20,22)/t11-,14+/m0/s1. The minimum atomic E-state index is -0.635. The second kappa shape index (κ2) is 7.89. The van der Waals surface area contributed by atoms with Crippen molar-refractivity contribution >= 4 is 12.0 Å². The lowest BCUT2D eigenvalue weighted by atomic mass is 10.1. The molecule has 0 aliphatic heterocycles. The van der Waals surface area contributed by atoms with Crippen molar-refractivity contribution < 1.29 is 23.1 Å². The Morgan fingerprint density at radius 3 is 2.57 bits per heavy atom. The molecule has 7 heteroatoms. The van der Waals surface area contributed by atoms with Crippen LogP contribution < -0.4 is 10.6 Å². The minimum absolute atomic E-state index is 0.0642. The second-order valence-electron chi connectivity index (χ2n) is 5.66. The lowest BCUT2D eigenvalue weighted by molar-refractivity contribution is -0.145. The van der Waals surface area contributed by atoms with Crippen LogP contribution in [0, 0.1) is 17.6 Å². The molecule has 1 aromatic carbocycles. The Kier molecular flexibility index (Phi) is 5.90. The fourth-order valence-corrected chi connectivity index (χ4v) is 2.81. The molecule has 23 heavy (non-hydrogen) atoms. The highest BCUT2D eigenvalue weighted by atomic mass is 19.1. The first-order valence-corrected chi connectivity index (χ1v) is 7.55. The van der Waals surface area contributed by atoms with Gasteiger partial charge in [0.15, 0.2) is 0 Å². The molecule has 1 aliphatic rings. The smallest absolute Gasteiger partial charge is 0.315 e. The molecule has 2 amide bonds. The summed E-state index contributed by atoms with van der Waals surface area (Å²) in [6.45, 7) is 0.266. The molecule has 0 radical (unpaired) electrons. The zero-order valence-electron chi connectivity index (χ0n) is 12.9. The van der Waals surface area contributed by atoms with Crippen molar-refractivity contribution in [3.63, 3.8) is 0 Å². The molecule has 0 spiro atoms. The molecule has 1 aliphatic carbocycles. The topological polar surface area (TPSA) is 67.4 Å². The third-order valence-electron chi connectivity index (χ3n) is 3.92. The van der Waals surface area contributed by atoms with E-state index in [-0.39, 0.29) is 30.5 Å². The summed E-state index contributed by atoms with van der Waals surface area (Å²) in [5.41, 5.74) is 0.481. The lowest BCUT2D eigenvalue weighted by Gasteiger charge is -2.13. The van der Waals surface area contributed by atoms with Crippen molar-refractivity contribution in [3.8, 4) is 0 Å². The largest absolute Gasteiger partial charge is 0.469 e. The number of rotatable bonds is 5. The van der Waals surface area contributed by atoms with E-state index >= 15 is 0 Å². The first-order valence-electron chi connectivity index (χ1n) is 7.55. The normalized spacial score (nSPS) is 20.1. The van der Waals surface area contributed by atoms with Crippen LogP contribution in [-0.2, 0) is 16.0 Å². The van der Waals surface area contributed by atoms with Crippen LogP contribution >= 0.6 is 0 Å². The van der Waals surface area contributed by atoms with Gasteiger partial charge in [-0.05, 0) is 43.4 Å². The first kappa shape index (κ1) is 17.2. The molecule has 1 aromatic rings. The van der Waals surface area contributed by atoms with Crippen LogP contribution in [0.1, 0.15) is 24.8 Å². The summed E-state index contributed by atoms with van der Waals surface area (Å²) >= 11 is 0. The Balaban J connectivity index is 1.70. The molecule has 0 bridgehead atoms. The SMILES string of the molecule is COC(=O)[C@H]1CC[C@@H](NC(=O)NCCc2cc(F)cc(F)c2)C1. The van der Waals surface area contributed by atoms with Gasteiger partial charge in [0, 0.05) is 18.7 Å². The second-order valence-corrected chi connectivity index (χ2v) is 5.66. The van der Waals surface area contributed by atoms with E-state index in [9.17, 15) is 18.4 Å². The first-order chi connectivity index (χ1) is 11.0. The molecular weight excluding hydrogens is 306 g/mol. The van der Waals surface area contributed by atoms with Gasteiger partial charge in [-0.1, -0.05) is 0 Å². The minimum Gasteiger partial charge on any atom is -0.469 e. The molecule has 1 saturated carbocycles. The Morgan fingerprint density at radius 2 is 1.91 bits per heavy atom. The van der Waals surface area contributed by atoms with Crippen molar-refractivity contribution in [2.45, 2.75) is 31.7 Å². The summed E-state index contributed by atoms with van der Waals surface area (Å²) in [5.74, 6) is -1.68. The van der Waals surface area contributed by atoms with Gasteiger partial charge < -0.3 is 15.4 Å². The fourth-order valence-electron chi connectivity index (χ4n) is 2.81. The van der Waals surface area contributed by atoms with E-state index in [0.29, 0.717) is 24.8 Å². The van der Waals surface area contributed by atoms with Gasteiger partial charge in [0.05, 0.1) is 13.0 Å². The van der Waals surface area contributed by atoms with Gasteiger partial charge in [-0.2, -0.15) is 0 Å². The molecule has 1 fully saturated rings. The third-order valence-corrected chi connectivity index (χ3v) is 3.92. The number of carbonyl (C=O) groups excluding carboxylic acids is 2. The van der Waals surface area contributed by atoms with E-state index in [2.05, 4.69) is 10.6 Å². The van der Waals surface area contributed by atoms with E-state index in [1.54, 1.807) is 0 Å². The number of carbonyl (C=O) groups is 2. The van der Waals surface area contributed by atoms with E-state index < -0.39 is 11.6 Å². The van der Waals surface area contributed by atoms with E-state index in [4.69, 9.17) is 4.74 Å². The van der Waals surface area contributed by atoms with Gasteiger partial charge >= 0.3 is 12.0 Å². The highest BCUT2D eigenvalue weighted by Crippen LogP contribution is 2.26. The molecule has 0 unspecified atom stereocenters. The molecule has 0 saturated heterocycles. The van der Waals surface area contributed by atoms with Gasteiger partial charge in [-0.15, -0.1) is 0 Å². The van der Waals surface area contributed by atoms with Crippen molar-refractivity contribution in [3.05, 3.63) is 35.4 Å². The average molecular weight is 326 g/mol. The van der Waals surface area contributed by atoms with Crippen LogP contribution in [0.25, 0.3) is 0 Å². The maximum Gasteiger partial charge on any atom is 0.315 e. The Hall–Kier alpha value is -2.18. The number of methoxy groups -OCH3 is 1. The Bertz CT molecular complexity index is 560. The average Bonchev–Trinajstić information content (AvgIpc) is 2.93. The molecule has 0 aromatic heterocycles. The Labute approximate surface area is 133 Å². The number of hydrogen-bond acceptors (Lipinski definition) is 3. The highest BCUT2D eigenvalue weighted by molar-refractivity contribution is 5.75. The number of amides is 2. The summed E-state index contributed by atoms with van der Waals surface area (Å²) < 4.78 is 30.8. The van der Waals surface area contributed by atoms with Crippen LogP contribution in [0.15, 0.2) is 18.2 Å². The summed E-state index contributed by atoms with van der Waals surface area (Å²) in [7, 11) is 1.35. The molecular formula is C16H20F2N2O3. The molecule has 2 atom stereocenters. The highest BCUT2D eigenvalue weighted by Gasteiger charge is 2.31. The predicted octanol–water partition coefficient (Wildman–Crippen LogP) is 2.15. The zero-order chi connectivity index (χ0) is 16.8. The van der Waals surface area contributed by atoms with E-state index in [1.807, 2.05) is 0 Å². The number of halogens is 2. The van der Waals surface area contributed by atoms with Gasteiger partial charge in [0.25, 0.3) is 0 Å². The van der Waals surface area contributed by atoms with Crippen LogP contribution in [-0.4, -0.2) is 31.7 Å². The number of urea groups is 1. The molecule has 126 valence electrons. The number of nitrogens with one attached hydrogen (secondary N) is 2. The van der Waals surface area contributed by atoms with Crippen molar-refractivity contribution in [2.75, 3.05) is 13.7 Å². The quantitative estimate of drug-likeness (QED) is 0.815. The van der Waals surface area contributed by atoms with E-state index in [1.165, 1.54) is 19.2 Å². The van der Waals surface area contributed by atoms with Crippen molar-refractivity contribution in [2.24, 2.45) is 5.92 Å². The molecule has 2 rings (SSSR count). The van der Waals surface area contributed by atoms with E-state index in [0.717, 1.165) is 12.5 Å². The Morgan fingerprint density at radius 1 is 1.22 bits per heavy atom. The van der Waals surface area contributed by atoms with Crippen molar-refractivity contribution in [1.82, 2.24) is 10.6 Å². The number of esters is 1. The summed E-state index contributed by atoms with van der Waals surface area (Å²) in [6, 6.07) is 2.87. The predicted molar refractivity (Wildman–Crippen MR) is 79.7 cm³/mol. The summed E-state index contributed by atoms with van der Waals surface area (Å²) in [6.07, 6.45) is 2.31. The summed E-state index contributed by atoms with van der Waals surface area (Å²) in [4.78, 5) is 23.2. The summed E-state index contributed by atoms with van der Waals surface area (Å²) in [5, 5.41) is 5.43. The molecule has 5 nitrogen and oxygen atoms in total. The fraction of sp³-hybridized carbons (Fsp3) is 0.500. The van der Waals surface area contributed by atoms with Crippen LogP contribution in [0.2, 0.25) is 0 Å². The van der Waals surface area contributed by atoms with Gasteiger partial charge in [0.1, 0.15) is 11.6 Å².